The summed E-state index contributed by atoms with van der Waals surface area (Å²) < 4.78 is 32.4. The molecule has 0 aliphatic rings. The van der Waals surface area contributed by atoms with Gasteiger partial charge in [-0.3, -0.25) is 19.9 Å². The van der Waals surface area contributed by atoms with Gasteiger partial charge in [-0.2, -0.15) is 0 Å². The molecule has 0 saturated carbocycles. The van der Waals surface area contributed by atoms with Gasteiger partial charge >= 0.3 is 0 Å². The first-order valence-corrected chi connectivity index (χ1v) is 47.3. The monoisotopic (exact) mass is 2630 g/mol. The van der Waals surface area contributed by atoms with Crippen LogP contribution in [0.2, 0.25) is 0 Å². The van der Waals surface area contributed by atoms with Crippen molar-refractivity contribution >= 4 is 132 Å². The molecule has 0 saturated heterocycles. The second-order valence-electron chi connectivity index (χ2n) is 34.5. The largest absolute Gasteiger partial charge is 0.501 e. The summed E-state index contributed by atoms with van der Waals surface area (Å²) in [5.74, 6) is 3.84. The van der Waals surface area contributed by atoms with Crippen molar-refractivity contribution in [2.45, 2.75) is 27.7 Å². The Kier molecular flexibility index (Phi) is 33.0. The van der Waals surface area contributed by atoms with Crippen LogP contribution in [0.3, 0.4) is 0 Å². The molecule has 28 aromatic rings. The van der Waals surface area contributed by atoms with Gasteiger partial charge in [-0.1, -0.05) is 213 Å². The van der Waals surface area contributed by atoms with E-state index in [1.807, 2.05) is 368 Å². The Balaban J connectivity index is 0.000000115. The van der Waals surface area contributed by atoms with Crippen molar-refractivity contribution in [3.8, 4) is 90.6 Å². The minimum atomic E-state index is 0. The zero-order chi connectivity index (χ0) is 97.9. The molecule has 0 amide bonds. The maximum Gasteiger partial charge on any atom is 0.120 e. The number of aromatic nitrogens is 12. The average molecular weight is 2630 g/mol. The maximum absolute atomic E-state index is 6.04. The SMILES string of the molecule is Cc1cnc(-c2[c-]ccc3c2oc2ccccc23)cc1C.Cc1cnc(-c2[c-]ccc3c2oc2ccccc23)cc1C.Cn1c(-c2[c-]cccc2)nc2ccccc21.Cn1c(-c2[c-]cccc2)nc2ccccc21.Cn1c(-c2[c-]cccc2)nc2ccccc21.Cn1c(-c2[c-]cccc2)nc2ccccc21.[Ir].[Ir].[Ir].[Ir].[c-]1ccc2c(oc3ccccc32)c1-c1ccccn1.[c-]1ccc2c(oc3ccccc32)c1-c1ccccn1. The van der Waals surface area contributed by atoms with Gasteiger partial charge in [0.15, 0.2) is 0 Å². The van der Waals surface area contributed by atoms with Crippen molar-refractivity contribution in [3.63, 3.8) is 0 Å². The van der Waals surface area contributed by atoms with Crippen LogP contribution in [-0.2, 0) is 109 Å². The van der Waals surface area contributed by atoms with Gasteiger partial charge < -0.3 is 55.9 Å². The summed E-state index contributed by atoms with van der Waals surface area (Å²) in [6, 6.07) is 154. The van der Waals surface area contributed by atoms with E-state index in [0.717, 1.165) is 222 Å². The molecule has 0 aliphatic heterocycles. The quantitative estimate of drug-likeness (QED) is 0.132. The van der Waals surface area contributed by atoms with E-state index in [1.54, 1.807) is 12.4 Å². The number of rotatable bonds is 8. The number of pyridine rings is 4. The molecule has 4 radical (unpaired) electrons. The van der Waals surface area contributed by atoms with Crippen LogP contribution >= 0.6 is 0 Å². The van der Waals surface area contributed by atoms with Crippen LogP contribution in [0, 0.1) is 76.2 Å². The number of hydrogen-bond donors (Lipinski definition) is 0. The van der Waals surface area contributed by atoms with Crippen LogP contribution in [0.25, 0.3) is 222 Å². The second kappa shape index (κ2) is 47.3. The molecular weight excluding hydrogens is 2540 g/mol. The standard InChI is InChI=1S/2C19H14NO.2C17H10NO.4C14H11N2.4Ir/c2*1-12-10-17(20-11-13(12)2)16-8-5-7-15-14-6-3-4-9-18(14)21-19(15)16;2*1-2-10-16-12(6-1)13-7-5-8-14(17(13)19-16)15-9-3-4-11-18-15;4*1-16-13-10-6-5-9-12(13)15-14(16)11-7-3-2-4-8-11;;;;/h2*3-7,9-11H,1-2H3;2*1-7,9-11H;4*2-7,9-10H,1H3;;;;/q8*-1;;;;. The first kappa shape index (κ1) is 103. The molecule has 0 aliphatic carbocycles. The van der Waals surface area contributed by atoms with Gasteiger partial charge in [-0.05, 0) is 147 Å². The molecule has 0 N–H and O–H groups in total. The van der Waals surface area contributed by atoms with Gasteiger partial charge in [0, 0.05) is 155 Å². The Hall–Kier alpha value is -16.2. The first-order chi connectivity index (χ1) is 70.8. The van der Waals surface area contributed by atoms with Crippen molar-refractivity contribution < 1.29 is 98.1 Å². The van der Waals surface area contributed by atoms with Gasteiger partial charge in [0.25, 0.3) is 0 Å². The molecule has 0 spiro atoms. The van der Waals surface area contributed by atoms with Crippen LogP contribution in [0.4, 0.5) is 0 Å². The molecule has 12 aromatic heterocycles. The summed E-state index contributed by atoms with van der Waals surface area (Å²) in [6.45, 7) is 8.33. The predicted molar refractivity (Wildman–Crippen MR) is 582 cm³/mol. The van der Waals surface area contributed by atoms with Crippen molar-refractivity contribution in [1.82, 2.24) is 58.1 Å². The van der Waals surface area contributed by atoms with E-state index in [1.165, 1.54) is 22.3 Å². The van der Waals surface area contributed by atoms with E-state index < -0.39 is 0 Å². The Labute approximate surface area is 910 Å². The third kappa shape index (κ3) is 21.9. The fourth-order valence-corrected chi connectivity index (χ4v) is 17.7. The number of fused-ring (bicyclic) bond motifs is 16. The summed E-state index contributed by atoms with van der Waals surface area (Å²) in [6.07, 6.45) is 7.37. The molecule has 148 heavy (non-hydrogen) atoms. The topological polar surface area (TPSA) is 175 Å². The molecule has 16 aromatic carbocycles. The molecule has 0 atom stereocenters. The predicted octanol–water partition coefficient (Wildman–Crippen LogP) is 31.2. The summed E-state index contributed by atoms with van der Waals surface area (Å²) in [4.78, 5) is 36.3. The van der Waals surface area contributed by atoms with Crippen molar-refractivity contribution in [3.05, 3.63) is 484 Å². The van der Waals surface area contributed by atoms with Crippen LogP contribution in [0.15, 0.2) is 431 Å². The smallest absolute Gasteiger partial charge is 0.120 e. The van der Waals surface area contributed by atoms with E-state index in [-0.39, 0.29) is 80.4 Å². The average Bonchev–Trinajstić information content (AvgIpc) is 1.56. The van der Waals surface area contributed by atoms with Gasteiger partial charge in [0.05, 0.1) is 89.8 Å². The summed E-state index contributed by atoms with van der Waals surface area (Å²) in [5.41, 5.74) is 31.9. The third-order valence-electron chi connectivity index (χ3n) is 25.4. The Morgan fingerprint density at radius 1 is 0.209 bits per heavy atom. The minimum Gasteiger partial charge on any atom is -0.501 e. The molecule has 28 rings (SSSR count). The van der Waals surface area contributed by atoms with Crippen LogP contribution in [0.5, 0.6) is 0 Å². The molecule has 0 fully saturated rings. The molecule has 0 unspecified atom stereocenters. The van der Waals surface area contributed by atoms with Gasteiger partial charge in [0.2, 0.25) is 0 Å². The summed E-state index contributed by atoms with van der Waals surface area (Å²) in [7, 11) is 8.13. The maximum atomic E-state index is 6.04. The zero-order valence-electron chi connectivity index (χ0n) is 81.6. The van der Waals surface area contributed by atoms with E-state index >= 15 is 0 Å². The molecule has 12 heterocycles. The number of hydrogen-bond acceptors (Lipinski definition) is 12. The van der Waals surface area contributed by atoms with Crippen molar-refractivity contribution in [2.24, 2.45) is 28.2 Å². The number of furan rings is 4. The summed E-state index contributed by atoms with van der Waals surface area (Å²) in [5, 5.41) is 8.95. The van der Waals surface area contributed by atoms with E-state index in [2.05, 4.69) is 195 Å². The van der Waals surface area contributed by atoms with E-state index in [0.29, 0.717) is 0 Å². The Morgan fingerprint density at radius 2 is 0.446 bits per heavy atom. The first-order valence-electron chi connectivity index (χ1n) is 47.3. The fourth-order valence-electron chi connectivity index (χ4n) is 17.7. The minimum absolute atomic E-state index is 0. The van der Waals surface area contributed by atoms with Crippen LogP contribution in [0.1, 0.15) is 22.3 Å². The Bertz CT molecular complexity index is 8640. The van der Waals surface area contributed by atoms with Gasteiger partial charge in [0.1, 0.15) is 22.3 Å². The van der Waals surface area contributed by atoms with E-state index in [4.69, 9.17) is 17.7 Å². The molecule has 16 nitrogen and oxygen atoms in total. The molecule has 20 heteroatoms. The molecular formula is C128H92Ir4N12O4-8. The molecule has 0 bridgehead atoms. The number of imidazole rings is 4. The number of benzene rings is 16. The van der Waals surface area contributed by atoms with Crippen LogP contribution < -0.4 is 0 Å². The second-order valence-corrected chi connectivity index (χ2v) is 34.5. The third-order valence-corrected chi connectivity index (χ3v) is 25.4. The number of aryl methyl sites for hydroxylation is 8. The van der Waals surface area contributed by atoms with E-state index in [9.17, 15) is 0 Å². The Morgan fingerprint density at radius 3 is 0.682 bits per heavy atom. The molecule has 732 valence electrons. The van der Waals surface area contributed by atoms with Gasteiger partial charge in [-0.25, -0.2) is 0 Å². The fraction of sp³-hybridized carbons (Fsp3) is 0.0625. The van der Waals surface area contributed by atoms with Gasteiger partial charge in [-0.15, -0.1) is 216 Å². The van der Waals surface area contributed by atoms with Crippen molar-refractivity contribution in [2.75, 3.05) is 0 Å². The summed E-state index contributed by atoms with van der Waals surface area (Å²) >= 11 is 0. The van der Waals surface area contributed by atoms with Crippen LogP contribution in [-0.4, -0.2) is 58.1 Å². The number of para-hydroxylation sites is 12. The normalized spacial score (nSPS) is 10.8. The zero-order valence-corrected chi connectivity index (χ0v) is 91.2. The van der Waals surface area contributed by atoms with Crippen molar-refractivity contribution in [1.29, 1.82) is 0 Å². The number of nitrogens with zero attached hydrogens (tertiary/aromatic N) is 12.